The molecule has 7 nitrogen and oxygen atoms in total. The third kappa shape index (κ3) is 3.50. The number of benzene rings is 1. The Kier molecular flexibility index (Phi) is 4.47. The number of amides is 1. The Bertz CT molecular complexity index is 900. The molecule has 1 amide bonds. The lowest BCUT2D eigenvalue weighted by molar-refractivity contribution is 0.0935. The second-order valence-corrected chi connectivity index (χ2v) is 5.92. The number of nitrogens with zero attached hydrogens (tertiary/aromatic N) is 4. The maximum atomic E-state index is 12.3. The lowest BCUT2D eigenvalue weighted by Crippen LogP contribution is -2.28. The maximum absolute atomic E-state index is 12.3. The third-order valence-electron chi connectivity index (χ3n) is 3.94. The van der Waals surface area contributed by atoms with Crippen molar-refractivity contribution >= 4 is 11.7 Å². The van der Waals surface area contributed by atoms with Gasteiger partial charge in [0, 0.05) is 18.1 Å². The van der Waals surface area contributed by atoms with Crippen molar-refractivity contribution in [1.82, 2.24) is 25.1 Å². The molecule has 0 aliphatic rings. The summed E-state index contributed by atoms with van der Waals surface area (Å²) in [5.41, 5.74) is 9.83. The molecule has 3 aromatic rings. The van der Waals surface area contributed by atoms with Crippen molar-refractivity contribution in [2.75, 3.05) is 5.73 Å². The molecule has 0 spiro atoms. The van der Waals surface area contributed by atoms with E-state index in [9.17, 15) is 4.79 Å². The minimum atomic E-state index is -0.347. The molecule has 0 radical (unpaired) electrons. The van der Waals surface area contributed by atoms with E-state index in [-0.39, 0.29) is 23.5 Å². The SMILES string of the molecule is Cc1cc(C)n(-c2ccc([C@@H](C)NC(=O)c3nccnc3N)cc2)n1. The second kappa shape index (κ2) is 6.72. The fourth-order valence-electron chi connectivity index (χ4n) is 2.67. The highest BCUT2D eigenvalue weighted by atomic mass is 16.2. The molecular formula is C18H20N6O. The number of carbonyl (C=O) groups is 1. The van der Waals surface area contributed by atoms with Gasteiger partial charge in [0.1, 0.15) is 0 Å². The predicted molar refractivity (Wildman–Crippen MR) is 95.4 cm³/mol. The van der Waals surface area contributed by atoms with E-state index in [1.807, 2.05) is 55.8 Å². The first-order chi connectivity index (χ1) is 12.0. The van der Waals surface area contributed by atoms with Gasteiger partial charge < -0.3 is 11.1 Å². The maximum Gasteiger partial charge on any atom is 0.274 e. The Balaban J connectivity index is 1.75. The summed E-state index contributed by atoms with van der Waals surface area (Å²) in [4.78, 5) is 20.1. The van der Waals surface area contributed by atoms with Crippen LogP contribution in [0.5, 0.6) is 0 Å². The molecule has 0 unspecified atom stereocenters. The molecule has 2 aromatic heterocycles. The van der Waals surface area contributed by atoms with Gasteiger partial charge in [0.25, 0.3) is 5.91 Å². The highest BCUT2D eigenvalue weighted by molar-refractivity contribution is 5.96. The van der Waals surface area contributed by atoms with E-state index in [1.165, 1.54) is 12.4 Å². The monoisotopic (exact) mass is 336 g/mol. The zero-order valence-electron chi connectivity index (χ0n) is 14.4. The minimum absolute atomic E-state index is 0.118. The van der Waals surface area contributed by atoms with E-state index in [2.05, 4.69) is 20.4 Å². The van der Waals surface area contributed by atoms with Crippen LogP contribution in [0.3, 0.4) is 0 Å². The molecule has 0 bridgehead atoms. The standard InChI is InChI=1S/C18H20N6O/c1-11-10-12(2)24(23-11)15-6-4-14(5-7-15)13(3)22-18(25)16-17(19)21-9-8-20-16/h4-10,13H,1-3H3,(H2,19,21)(H,22,25)/t13-/m1/s1. The van der Waals surface area contributed by atoms with Crippen molar-refractivity contribution in [3.8, 4) is 5.69 Å². The zero-order chi connectivity index (χ0) is 18.0. The van der Waals surface area contributed by atoms with Crippen molar-refractivity contribution in [2.45, 2.75) is 26.8 Å². The van der Waals surface area contributed by atoms with Crippen LogP contribution < -0.4 is 11.1 Å². The number of rotatable bonds is 4. The Morgan fingerprint density at radius 2 is 1.84 bits per heavy atom. The average Bonchev–Trinajstić information content (AvgIpc) is 2.93. The summed E-state index contributed by atoms with van der Waals surface area (Å²) in [7, 11) is 0. The first-order valence-electron chi connectivity index (χ1n) is 7.96. The number of hydrogen-bond acceptors (Lipinski definition) is 5. The van der Waals surface area contributed by atoms with Gasteiger partial charge in [-0.05, 0) is 44.5 Å². The number of hydrogen-bond donors (Lipinski definition) is 2. The lowest BCUT2D eigenvalue weighted by Gasteiger charge is -2.15. The van der Waals surface area contributed by atoms with Crippen LogP contribution in [0.4, 0.5) is 5.82 Å². The lowest BCUT2D eigenvalue weighted by atomic mass is 10.1. The molecule has 0 saturated heterocycles. The van der Waals surface area contributed by atoms with E-state index in [4.69, 9.17) is 5.73 Å². The molecule has 128 valence electrons. The van der Waals surface area contributed by atoms with Gasteiger partial charge >= 0.3 is 0 Å². The second-order valence-electron chi connectivity index (χ2n) is 5.92. The predicted octanol–water partition coefficient (Wildman–Crippen LogP) is 2.35. The summed E-state index contributed by atoms with van der Waals surface area (Å²) in [5, 5.41) is 7.35. The molecule has 0 aliphatic carbocycles. The number of anilines is 1. The first-order valence-corrected chi connectivity index (χ1v) is 7.96. The normalized spacial score (nSPS) is 12.0. The summed E-state index contributed by atoms with van der Waals surface area (Å²) < 4.78 is 1.89. The molecule has 1 aromatic carbocycles. The van der Waals surface area contributed by atoms with E-state index in [0.717, 1.165) is 22.6 Å². The Morgan fingerprint density at radius 1 is 1.16 bits per heavy atom. The first kappa shape index (κ1) is 16.6. The molecule has 2 heterocycles. The number of nitrogens with one attached hydrogen (secondary N) is 1. The third-order valence-corrected chi connectivity index (χ3v) is 3.94. The van der Waals surface area contributed by atoms with E-state index in [1.54, 1.807) is 0 Å². The minimum Gasteiger partial charge on any atom is -0.382 e. The number of carbonyl (C=O) groups excluding carboxylic acids is 1. The molecule has 0 saturated carbocycles. The van der Waals surface area contributed by atoms with Gasteiger partial charge in [-0.25, -0.2) is 14.6 Å². The van der Waals surface area contributed by atoms with Crippen LogP contribution in [0.2, 0.25) is 0 Å². The Labute approximate surface area is 145 Å². The van der Waals surface area contributed by atoms with Gasteiger partial charge in [-0.3, -0.25) is 4.79 Å². The van der Waals surface area contributed by atoms with Gasteiger partial charge in [-0.2, -0.15) is 5.10 Å². The quantitative estimate of drug-likeness (QED) is 0.762. The number of aromatic nitrogens is 4. The molecule has 0 aliphatic heterocycles. The molecule has 1 atom stereocenters. The van der Waals surface area contributed by atoms with Gasteiger partial charge in [-0.15, -0.1) is 0 Å². The number of nitrogens with two attached hydrogens (primary N) is 1. The van der Waals surface area contributed by atoms with Crippen LogP contribution in [-0.2, 0) is 0 Å². The van der Waals surface area contributed by atoms with Crippen LogP contribution >= 0.6 is 0 Å². The van der Waals surface area contributed by atoms with E-state index < -0.39 is 0 Å². The topological polar surface area (TPSA) is 98.7 Å². The van der Waals surface area contributed by atoms with Gasteiger partial charge in [0.05, 0.1) is 17.4 Å². The fraction of sp³-hybridized carbons (Fsp3) is 0.222. The zero-order valence-corrected chi connectivity index (χ0v) is 14.4. The fourth-order valence-corrected chi connectivity index (χ4v) is 2.67. The highest BCUT2D eigenvalue weighted by Gasteiger charge is 2.16. The summed E-state index contributed by atoms with van der Waals surface area (Å²) in [6, 6.07) is 9.74. The Morgan fingerprint density at radius 3 is 2.44 bits per heavy atom. The molecular weight excluding hydrogens is 316 g/mol. The van der Waals surface area contributed by atoms with Gasteiger partial charge in [0.15, 0.2) is 11.5 Å². The summed E-state index contributed by atoms with van der Waals surface area (Å²) in [6.07, 6.45) is 2.90. The number of nitrogen functional groups attached to an aromatic ring is 1. The molecule has 7 heteroatoms. The molecule has 25 heavy (non-hydrogen) atoms. The van der Waals surface area contributed by atoms with Crippen molar-refractivity contribution in [2.24, 2.45) is 0 Å². The van der Waals surface area contributed by atoms with Gasteiger partial charge in [0.2, 0.25) is 0 Å². The van der Waals surface area contributed by atoms with E-state index >= 15 is 0 Å². The van der Waals surface area contributed by atoms with Crippen molar-refractivity contribution < 1.29 is 4.79 Å². The van der Waals surface area contributed by atoms with Crippen LogP contribution in [0.1, 0.15) is 40.4 Å². The molecule has 0 fully saturated rings. The van der Waals surface area contributed by atoms with Crippen molar-refractivity contribution in [3.05, 3.63) is 65.4 Å². The smallest absolute Gasteiger partial charge is 0.274 e. The van der Waals surface area contributed by atoms with Crippen LogP contribution in [-0.4, -0.2) is 25.7 Å². The van der Waals surface area contributed by atoms with Crippen molar-refractivity contribution in [3.63, 3.8) is 0 Å². The van der Waals surface area contributed by atoms with Gasteiger partial charge in [-0.1, -0.05) is 12.1 Å². The largest absolute Gasteiger partial charge is 0.382 e. The van der Waals surface area contributed by atoms with Crippen LogP contribution in [0.15, 0.2) is 42.7 Å². The average molecular weight is 336 g/mol. The summed E-state index contributed by atoms with van der Waals surface area (Å²) in [6.45, 7) is 5.89. The number of aryl methyl sites for hydroxylation is 2. The highest BCUT2D eigenvalue weighted by Crippen LogP contribution is 2.18. The van der Waals surface area contributed by atoms with Crippen molar-refractivity contribution in [1.29, 1.82) is 0 Å². The summed E-state index contributed by atoms with van der Waals surface area (Å²) >= 11 is 0. The Hall–Kier alpha value is -3.22. The molecule has 3 rings (SSSR count). The molecule has 3 N–H and O–H groups in total. The van der Waals surface area contributed by atoms with Crippen LogP contribution in [0, 0.1) is 13.8 Å². The van der Waals surface area contributed by atoms with E-state index in [0.29, 0.717) is 0 Å². The van der Waals surface area contributed by atoms with Crippen LogP contribution in [0.25, 0.3) is 5.69 Å². The summed E-state index contributed by atoms with van der Waals surface area (Å²) in [5.74, 6) is -0.229.